The van der Waals surface area contributed by atoms with Crippen molar-refractivity contribution in [2.45, 2.75) is 45.8 Å². The fraction of sp³-hybridized carbons (Fsp3) is 0.579. The number of nitrogens with one attached hydrogen (secondary N) is 2. The van der Waals surface area contributed by atoms with E-state index in [2.05, 4.69) is 25.2 Å². The van der Waals surface area contributed by atoms with Crippen molar-refractivity contribution < 1.29 is 19.1 Å². The highest BCUT2D eigenvalue weighted by Gasteiger charge is 2.33. The summed E-state index contributed by atoms with van der Waals surface area (Å²) < 4.78 is 11.1. The Bertz CT molecular complexity index is 867. The molecule has 164 valence electrons. The molecular weight excluding hydrogens is 430 g/mol. The molecule has 2 atom stereocenters. The fourth-order valence-electron chi connectivity index (χ4n) is 3.18. The number of rotatable bonds is 8. The van der Waals surface area contributed by atoms with Crippen molar-refractivity contribution in [2.75, 3.05) is 31.2 Å². The lowest BCUT2D eigenvalue weighted by Gasteiger charge is -2.38. The number of carbonyl (C=O) groups is 2. The number of aromatic nitrogens is 3. The molecule has 2 aromatic rings. The normalized spacial score (nSPS) is 19.0. The summed E-state index contributed by atoms with van der Waals surface area (Å²) in [5, 5.41) is 4.04. The standard InChI is InChI=1S/C19H26ClN5O4S/c1-4-8-29-13-10-25(19-21-9-14(30-19)18(27)28-5-2)7-6-12(13)23-17(26)16-22-11(3)15(20)24-16/h9,12-13H,4-8,10H2,1-3H3,(H,22,24)(H,23,26). The van der Waals surface area contributed by atoms with Crippen molar-refractivity contribution in [3.63, 3.8) is 0 Å². The molecule has 30 heavy (non-hydrogen) atoms. The predicted octanol–water partition coefficient (Wildman–Crippen LogP) is 2.81. The average Bonchev–Trinajstić information content (AvgIpc) is 3.35. The Morgan fingerprint density at radius 2 is 2.23 bits per heavy atom. The third-order valence-electron chi connectivity index (χ3n) is 4.69. The van der Waals surface area contributed by atoms with Crippen LogP contribution in [0.5, 0.6) is 0 Å². The first-order valence-electron chi connectivity index (χ1n) is 9.95. The number of aromatic amines is 1. The van der Waals surface area contributed by atoms with Crippen LogP contribution in [0.15, 0.2) is 6.20 Å². The molecule has 11 heteroatoms. The van der Waals surface area contributed by atoms with E-state index in [-0.39, 0.29) is 35.0 Å². The van der Waals surface area contributed by atoms with E-state index in [9.17, 15) is 9.59 Å². The van der Waals surface area contributed by atoms with Crippen LogP contribution in [0.3, 0.4) is 0 Å². The Morgan fingerprint density at radius 1 is 1.43 bits per heavy atom. The number of nitrogens with zero attached hydrogens (tertiary/aromatic N) is 3. The van der Waals surface area contributed by atoms with Crippen LogP contribution in [-0.2, 0) is 9.47 Å². The summed E-state index contributed by atoms with van der Waals surface area (Å²) in [7, 11) is 0. The van der Waals surface area contributed by atoms with E-state index in [1.54, 1.807) is 13.8 Å². The van der Waals surface area contributed by atoms with Gasteiger partial charge in [0, 0.05) is 19.7 Å². The summed E-state index contributed by atoms with van der Waals surface area (Å²) in [5.74, 6) is -0.491. The highest BCUT2D eigenvalue weighted by atomic mass is 35.5. The molecule has 0 saturated carbocycles. The first-order valence-corrected chi connectivity index (χ1v) is 11.1. The largest absolute Gasteiger partial charge is 0.462 e. The number of imidazole rings is 1. The molecule has 2 aromatic heterocycles. The predicted molar refractivity (Wildman–Crippen MR) is 115 cm³/mol. The molecule has 0 aromatic carbocycles. The van der Waals surface area contributed by atoms with Crippen molar-refractivity contribution in [1.82, 2.24) is 20.3 Å². The van der Waals surface area contributed by atoms with Gasteiger partial charge in [-0.3, -0.25) is 4.79 Å². The third-order valence-corrected chi connectivity index (χ3v) is 6.10. The Morgan fingerprint density at radius 3 is 2.90 bits per heavy atom. The van der Waals surface area contributed by atoms with Crippen LogP contribution in [0.1, 0.15) is 52.7 Å². The molecule has 1 aliphatic rings. The minimum absolute atomic E-state index is 0.172. The van der Waals surface area contributed by atoms with E-state index in [1.807, 2.05) is 6.92 Å². The van der Waals surface area contributed by atoms with Gasteiger partial charge < -0.3 is 24.7 Å². The van der Waals surface area contributed by atoms with Gasteiger partial charge in [0.15, 0.2) is 16.1 Å². The van der Waals surface area contributed by atoms with Gasteiger partial charge in [-0.1, -0.05) is 29.9 Å². The number of ether oxygens (including phenoxy) is 2. The summed E-state index contributed by atoms with van der Waals surface area (Å²) in [6, 6.07) is -0.172. The van der Waals surface area contributed by atoms with Crippen molar-refractivity contribution >= 4 is 39.9 Å². The van der Waals surface area contributed by atoms with Crippen molar-refractivity contribution in [1.29, 1.82) is 0 Å². The Labute approximate surface area is 184 Å². The molecule has 2 unspecified atom stereocenters. The minimum Gasteiger partial charge on any atom is -0.462 e. The summed E-state index contributed by atoms with van der Waals surface area (Å²) in [6.07, 6.45) is 2.86. The lowest BCUT2D eigenvalue weighted by molar-refractivity contribution is 0.0204. The second-order valence-corrected chi connectivity index (χ2v) is 8.32. The van der Waals surface area contributed by atoms with Gasteiger partial charge in [-0.2, -0.15) is 0 Å². The number of esters is 1. The summed E-state index contributed by atoms with van der Waals surface area (Å²) in [6.45, 7) is 7.70. The smallest absolute Gasteiger partial charge is 0.350 e. The number of piperidine rings is 1. The minimum atomic E-state index is -0.366. The molecule has 1 aliphatic heterocycles. The van der Waals surface area contributed by atoms with Gasteiger partial charge in [0.2, 0.25) is 0 Å². The number of amides is 1. The van der Waals surface area contributed by atoms with Gasteiger partial charge in [-0.15, -0.1) is 0 Å². The number of thiazole rings is 1. The van der Waals surface area contributed by atoms with Gasteiger partial charge in [0.05, 0.1) is 30.6 Å². The number of hydrogen-bond acceptors (Lipinski definition) is 8. The molecule has 2 N–H and O–H groups in total. The van der Waals surface area contributed by atoms with E-state index in [1.165, 1.54) is 17.5 Å². The first kappa shape index (κ1) is 22.5. The number of carbonyl (C=O) groups excluding carboxylic acids is 2. The number of hydrogen-bond donors (Lipinski definition) is 2. The molecule has 0 spiro atoms. The Balaban J connectivity index is 1.67. The average molecular weight is 456 g/mol. The van der Waals surface area contributed by atoms with Gasteiger partial charge in [-0.25, -0.2) is 14.8 Å². The second kappa shape index (κ2) is 10.2. The topological polar surface area (TPSA) is 109 Å². The van der Waals surface area contributed by atoms with Crippen molar-refractivity contribution in [2.24, 2.45) is 0 Å². The highest BCUT2D eigenvalue weighted by Crippen LogP contribution is 2.27. The van der Waals surface area contributed by atoms with Crippen LogP contribution in [0.25, 0.3) is 0 Å². The lowest BCUT2D eigenvalue weighted by Crippen LogP contribution is -2.55. The molecule has 1 saturated heterocycles. The highest BCUT2D eigenvalue weighted by molar-refractivity contribution is 7.17. The quantitative estimate of drug-likeness (QED) is 0.589. The zero-order valence-electron chi connectivity index (χ0n) is 17.2. The van der Waals surface area contributed by atoms with E-state index in [0.717, 1.165) is 11.6 Å². The number of anilines is 1. The number of halogens is 1. The summed E-state index contributed by atoms with van der Waals surface area (Å²) in [4.78, 5) is 38.4. The molecule has 1 fully saturated rings. The maximum Gasteiger partial charge on any atom is 0.350 e. The third kappa shape index (κ3) is 5.30. The van der Waals surface area contributed by atoms with Gasteiger partial charge >= 0.3 is 5.97 Å². The molecule has 9 nitrogen and oxygen atoms in total. The van der Waals surface area contributed by atoms with Gasteiger partial charge in [-0.05, 0) is 26.7 Å². The van der Waals surface area contributed by atoms with Gasteiger partial charge in [0.25, 0.3) is 5.91 Å². The molecule has 0 radical (unpaired) electrons. The van der Waals surface area contributed by atoms with Crippen LogP contribution >= 0.6 is 22.9 Å². The zero-order valence-corrected chi connectivity index (χ0v) is 18.8. The van der Waals surface area contributed by atoms with Crippen LogP contribution in [-0.4, -0.2) is 65.3 Å². The molecule has 3 heterocycles. The van der Waals surface area contributed by atoms with E-state index < -0.39 is 0 Å². The molecular formula is C19H26ClN5O4S. The maximum atomic E-state index is 12.6. The fourth-order valence-corrected chi connectivity index (χ4v) is 4.16. The van der Waals surface area contributed by atoms with Crippen LogP contribution in [0.4, 0.5) is 5.13 Å². The van der Waals surface area contributed by atoms with E-state index >= 15 is 0 Å². The maximum absolute atomic E-state index is 12.6. The van der Waals surface area contributed by atoms with Crippen molar-refractivity contribution in [3.8, 4) is 0 Å². The Hall–Kier alpha value is -2.17. The first-order chi connectivity index (χ1) is 14.4. The molecule has 3 rings (SSSR count). The number of aryl methyl sites for hydroxylation is 1. The Kier molecular flexibility index (Phi) is 7.68. The second-order valence-electron chi connectivity index (χ2n) is 6.95. The van der Waals surface area contributed by atoms with Crippen LogP contribution < -0.4 is 10.2 Å². The van der Waals surface area contributed by atoms with Crippen LogP contribution in [0.2, 0.25) is 5.15 Å². The zero-order chi connectivity index (χ0) is 21.7. The van der Waals surface area contributed by atoms with E-state index in [4.69, 9.17) is 21.1 Å². The van der Waals surface area contributed by atoms with Crippen LogP contribution in [0, 0.1) is 6.92 Å². The molecule has 0 bridgehead atoms. The van der Waals surface area contributed by atoms with Crippen molar-refractivity contribution in [3.05, 3.63) is 27.7 Å². The monoisotopic (exact) mass is 455 g/mol. The summed E-state index contributed by atoms with van der Waals surface area (Å²) in [5.41, 5.74) is 0.650. The number of H-pyrrole nitrogens is 1. The molecule has 1 amide bonds. The van der Waals surface area contributed by atoms with Gasteiger partial charge in [0.1, 0.15) is 4.88 Å². The summed E-state index contributed by atoms with van der Waals surface area (Å²) >= 11 is 7.25. The van der Waals surface area contributed by atoms with E-state index in [0.29, 0.717) is 43.3 Å². The SMILES string of the molecule is CCCOC1CN(c2ncc(C(=O)OCC)s2)CCC1NC(=O)c1nc(Cl)c(C)[nH]1. The molecule has 0 aliphatic carbocycles. The lowest BCUT2D eigenvalue weighted by atomic mass is 10.0.